The number of anilines is 1. The Morgan fingerprint density at radius 3 is 2.45 bits per heavy atom. The van der Waals surface area contributed by atoms with Gasteiger partial charge in [0, 0.05) is 37.8 Å². The fraction of sp³-hybridized carbons (Fsp3) is 0.261. The van der Waals surface area contributed by atoms with Gasteiger partial charge in [0.2, 0.25) is 5.91 Å². The molecule has 0 unspecified atom stereocenters. The van der Waals surface area contributed by atoms with Crippen LogP contribution in [0.15, 0.2) is 54.6 Å². The van der Waals surface area contributed by atoms with Crippen molar-refractivity contribution in [2.45, 2.75) is 0 Å². The van der Waals surface area contributed by atoms with Gasteiger partial charge in [-0.1, -0.05) is 30.3 Å². The van der Waals surface area contributed by atoms with Crippen LogP contribution in [0.1, 0.15) is 15.9 Å². The van der Waals surface area contributed by atoms with Gasteiger partial charge in [-0.3, -0.25) is 14.9 Å². The molecule has 1 heterocycles. The zero-order valence-electron chi connectivity index (χ0n) is 17.6. The third kappa shape index (κ3) is 6.13. The molecule has 2 aromatic rings. The van der Waals surface area contributed by atoms with Gasteiger partial charge in [-0.05, 0) is 43.5 Å². The lowest BCUT2D eigenvalue weighted by molar-refractivity contribution is -0.115. The quantitative estimate of drug-likeness (QED) is 0.552. The second-order valence-corrected chi connectivity index (χ2v) is 7.57. The Morgan fingerprint density at radius 2 is 1.71 bits per heavy atom. The number of likely N-dealkylation sites (N-methyl/N-ethyl adjacent to an activating group) is 1. The first kappa shape index (κ1) is 22.5. The van der Waals surface area contributed by atoms with Gasteiger partial charge in [-0.15, -0.1) is 0 Å². The van der Waals surface area contributed by atoms with Gasteiger partial charge in [0.15, 0.2) is 5.11 Å². The van der Waals surface area contributed by atoms with Crippen LogP contribution in [0.4, 0.5) is 5.69 Å². The minimum atomic E-state index is -0.383. The van der Waals surface area contributed by atoms with Crippen LogP contribution in [0.5, 0.6) is 5.75 Å². The van der Waals surface area contributed by atoms with Crippen LogP contribution in [0, 0.1) is 0 Å². The molecule has 0 aromatic heterocycles. The minimum Gasteiger partial charge on any atom is -0.496 e. The van der Waals surface area contributed by atoms with Gasteiger partial charge >= 0.3 is 0 Å². The topological polar surface area (TPSA) is 73.9 Å². The number of para-hydroxylation sites is 2. The third-order valence-electron chi connectivity index (χ3n) is 4.99. The number of nitrogens with zero attached hydrogens (tertiary/aromatic N) is 2. The monoisotopic (exact) mass is 438 g/mol. The van der Waals surface area contributed by atoms with Crippen LogP contribution in [0.25, 0.3) is 6.08 Å². The molecule has 2 N–H and O–H groups in total. The Hall–Kier alpha value is -3.23. The van der Waals surface area contributed by atoms with E-state index in [0.717, 1.165) is 18.7 Å². The number of hydrogen-bond acceptors (Lipinski definition) is 5. The minimum absolute atomic E-state index is 0.0543. The zero-order valence-corrected chi connectivity index (χ0v) is 18.4. The average molecular weight is 439 g/mol. The summed E-state index contributed by atoms with van der Waals surface area (Å²) in [7, 11) is 3.62. The third-order valence-corrected chi connectivity index (χ3v) is 5.19. The van der Waals surface area contributed by atoms with E-state index >= 15 is 0 Å². The van der Waals surface area contributed by atoms with Crippen molar-refractivity contribution in [2.75, 3.05) is 45.7 Å². The van der Waals surface area contributed by atoms with Crippen LogP contribution in [-0.4, -0.2) is 67.1 Å². The van der Waals surface area contributed by atoms with Crippen molar-refractivity contribution in [1.29, 1.82) is 0 Å². The van der Waals surface area contributed by atoms with Gasteiger partial charge in [-0.25, -0.2) is 0 Å². The van der Waals surface area contributed by atoms with Gasteiger partial charge < -0.3 is 19.9 Å². The molecule has 1 aliphatic rings. The Morgan fingerprint density at radius 1 is 1.03 bits per heavy atom. The van der Waals surface area contributed by atoms with Gasteiger partial charge in [0.05, 0.1) is 18.4 Å². The van der Waals surface area contributed by atoms with Crippen molar-refractivity contribution in [1.82, 2.24) is 15.1 Å². The Labute approximate surface area is 187 Å². The molecule has 7 nitrogen and oxygen atoms in total. The highest BCUT2D eigenvalue weighted by Crippen LogP contribution is 2.19. The molecule has 1 aliphatic heterocycles. The second kappa shape index (κ2) is 10.7. The average Bonchev–Trinajstić information content (AvgIpc) is 2.78. The molecular weight excluding hydrogens is 412 g/mol. The van der Waals surface area contributed by atoms with E-state index in [2.05, 4.69) is 15.5 Å². The molecule has 31 heavy (non-hydrogen) atoms. The predicted octanol–water partition coefficient (Wildman–Crippen LogP) is 2.61. The van der Waals surface area contributed by atoms with E-state index in [9.17, 15) is 9.59 Å². The molecule has 3 rings (SSSR count). The largest absolute Gasteiger partial charge is 0.496 e. The number of thiocarbonyl (C=S) groups is 1. The predicted molar refractivity (Wildman–Crippen MR) is 126 cm³/mol. The van der Waals surface area contributed by atoms with Crippen molar-refractivity contribution in [3.05, 3.63) is 65.7 Å². The molecule has 0 atom stereocenters. The first-order valence-electron chi connectivity index (χ1n) is 9.98. The van der Waals surface area contributed by atoms with Gasteiger partial charge in [0.25, 0.3) is 5.91 Å². The maximum absolute atomic E-state index is 13.0. The number of benzene rings is 2. The van der Waals surface area contributed by atoms with E-state index in [-0.39, 0.29) is 16.9 Å². The lowest BCUT2D eigenvalue weighted by Crippen LogP contribution is -2.47. The maximum Gasteiger partial charge on any atom is 0.256 e. The number of carbonyl (C=O) groups is 2. The number of carbonyl (C=O) groups excluding carboxylic acids is 2. The summed E-state index contributed by atoms with van der Waals surface area (Å²) in [5, 5.41) is 5.70. The zero-order chi connectivity index (χ0) is 22.2. The first-order valence-corrected chi connectivity index (χ1v) is 10.4. The molecule has 1 fully saturated rings. The summed E-state index contributed by atoms with van der Waals surface area (Å²) >= 11 is 5.28. The van der Waals surface area contributed by atoms with Crippen molar-refractivity contribution in [2.24, 2.45) is 0 Å². The van der Waals surface area contributed by atoms with Crippen LogP contribution >= 0.6 is 12.2 Å². The molecule has 0 aliphatic carbocycles. The highest BCUT2D eigenvalue weighted by Gasteiger charge is 2.22. The highest BCUT2D eigenvalue weighted by atomic mass is 32.1. The van der Waals surface area contributed by atoms with Crippen molar-refractivity contribution in [3.8, 4) is 5.75 Å². The summed E-state index contributed by atoms with van der Waals surface area (Å²) in [5.74, 6) is 0.233. The van der Waals surface area contributed by atoms with Crippen molar-refractivity contribution >= 4 is 40.9 Å². The lowest BCUT2D eigenvalue weighted by Gasteiger charge is -2.32. The number of hydrogen-bond donors (Lipinski definition) is 2. The van der Waals surface area contributed by atoms with E-state index in [0.29, 0.717) is 30.1 Å². The van der Waals surface area contributed by atoms with E-state index in [1.807, 2.05) is 48.3 Å². The van der Waals surface area contributed by atoms with Crippen LogP contribution in [-0.2, 0) is 4.79 Å². The Kier molecular flexibility index (Phi) is 7.75. The number of nitrogens with one attached hydrogen (secondary N) is 2. The number of amides is 2. The molecular formula is C23H26N4O3S. The van der Waals surface area contributed by atoms with E-state index in [4.69, 9.17) is 17.0 Å². The van der Waals surface area contributed by atoms with E-state index in [1.165, 1.54) is 6.08 Å². The summed E-state index contributed by atoms with van der Waals surface area (Å²) in [6.07, 6.45) is 3.04. The number of rotatable bonds is 5. The first-order chi connectivity index (χ1) is 15.0. The highest BCUT2D eigenvalue weighted by molar-refractivity contribution is 7.80. The second-order valence-electron chi connectivity index (χ2n) is 7.16. The molecule has 8 heteroatoms. The van der Waals surface area contributed by atoms with Crippen LogP contribution < -0.4 is 15.4 Å². The standard InChI is InChI=1S/C23H26N4O3S/c1-26-13-15-27(16-14-26)22(29)18-8-4-5-9-19(18)24-23(31)25-21(28)12-11-17-7-3-6-10-20(17)30-2/h3-12H,13-16H2,1-2H3,(H2,24,25,28,31). The van der Waals surface area contributed by atoms with E-state index in [1.54, 1.807) is 25.3 Å². The number of ether oxygens (including phenoxy) is 1. The van der Waals surface area contributed by atoms with Crippen LogP contribution in [0.3, 0.4) is 0 Å². The summed E-state index contributed by atoms with van der Waals surface area (Å²) in [6.45, 7) is 3.04. The summed E-state index contributed by atoms with van der Waals surface area (Å²) < 4.78 is 5.27. The van der Waals surface area contributed by atoms with Gasteiger partial charge in [0.1, 0.15) is 5.75 Å². The molecule has 162 valence electrons. The Balaban J connectivity index is 1.62. The Bertz CT molecular complexity index is 984. The molecule has 0 spiro atoms. The van der Waals surface area contributed by atoms with Crippen molar-refractivity contribution in [3.63, 3.8) is 0 Å². The molecule has 1 saturated heterocycles. The smallest absolute Gasteiger partial charge is 0.256 e. The SMILES string of the molecule is COc1ccccc1C=CC(=O)NC(=S)Nc1ccccc1C(=O)N1CCN(C)CC1. The number of piperazine rings is 1. The molecule has 2 amide bonds. The van der Waals surface area contributed by atoms with E-state index < -0.39 is 0 Å². The fourth-order valence-corrected chi connectivity index (χ4v) is 3.45. The maximum atomic E-state index is 13.0. The van der Waals surface area contributed by atoms with Gasteiger partial charge in [-0.2, -0.15) is 0 Å². The lowest BCUT2D eigenvalue weighted by atomic mass is 10.1. The molecule has 0 radical (unpaired) electrons. The normalized spacial score (nSPS) is 14.3. The summed E-state index contributed by atoms with van der Waals surface area (Å²) in [4.78, 5) is 29.3. The molecule has 0 saturated carbocycles. The summed E-state index contributed by atoms with van der Waals surface area (Å²) in [6, 6.07) is 14.5. The molecule has 2 aromatic carbocycles. The fourth-order valence-electron chi connectivity index (χ4n) is 3.24. The van der Waals surface area contributed by atoms with Crippen LogP contribution in [0.2, 0.25) is 0 Å². The molecule has 0 bridgehead atoms. The van der Waals surface area contributed by atoms with Crippen molar-refractivity contribution < 1.29 is 14.3 Å². The summed E-state index contributed by atoms with van der Waals surface area (Å²) in [5.41, 5.74) is 1.86. The number of methoxy groups -OCH3 is 1.